The molecular weight excluding hydrogens is 322 g/mol. The molecule has 1 fully saturated rings. The molecule has 0 saturated carbocycles. The molecule has 1 heterocycles. The average molecular weight is 336 g/mol. The van der Waals surface area contributed by atoms with Crippen LogP contribution in [-0.4, -0.2) is 25.4 Å². The van der Waals surface area contributed by atoms with E-state index < -0.39 is 12.3 Å². The number of hydrogen-bond acceptors (Lipinski definition) is 3. The van der Waals surface area contributed by atoms with Gasteiger partial charge in [-0.2, -0.15) is 5.26 Å². The second kappa shape index (κ2) is 6.93. The third-order valence-corrected chi connectivity index (χ3v) is 3.18. The van der Waals surface area contributed by atoms with E-state index in [9.17, 15) is 4.39 Å². The van der Waals surface area contributed by atoms with Gasteiger partial charge in [-0.1, -0.05) is 15.9 Å². The number of benzene rings is 1. The highest BCUT2D eigenvalue weighted by molar-refractivity contribution is 9.10. The van der Waals surface area contributed by atoms with Crippen LogP contribution >= 0.6 is 28.3 Å². The Morgan fingerprint density at radius 1 is 1.50 bits per heavy atom. The minimum atomic E-state index is -1.03. The first-order valence-electron chi connectivity index (χ1n) is 5.42. The molecule has 2 rings (SSSR count). The lowest BCUT2D eigenvalue weighted by atomic mass is 10.1. The molecule has 1 aromatic carbocycles. The Bertz CT molecular complexity index is 452. The standard InChI is InChI=1S/C12H12BrFN2O.ClH/c13-9-1-2-11(8(5-9)6-15)17-12-3-4-16-7-10(12)14;/h1-2,5,10,12,16H,3-4,7H2;1H/t10-,12+;/m1./s1. The minimum Gasteiger partial charge on any atom is -0.486 e. The monoisotopic (exact) mass is 334 g/mol. The molecule has 0 bridgehead atoms. The molecule has 6 heteroatoms. The van der Waals surface area contributed by atoms with Crippen LogP contribution in [0.1, 0.15) is 12.0 Å². The van der Waals surface area contributed by atoms with Crippen molar-refractivity contribution in [3.8, 4) is 11.8 Å². The fourth-order valence-corrected chi connectivity index (χ4v) is 2.15. The number of nitriles is 1. The molecule has 1 aliphatic rings. The SMILES string of the molecule is Cl.N#Cc1cc(Br)ccc1O[C@H]1CCNC[C@H]1F. The van der Waals surface area contributed by atoms with E-state index in [1.807, 2.05) is 6.07 Å². The highest BCUT2D eigenvalue weighted by atomic mass is 79.9. The van der Waals surface area contributed by atoms with E-state index in [0.717, 1.165) is 11.0 Å². The number of nitrogens with one attached hydrogen (secondary N) is 1. The number of nitrogens with zero attached hydrogens (tertiary/aromatic N) is 1. The maximum absolute atomic E-state index is 13.6. The van der Waals surface area contributed by atoms with Crippen molar-refractivity contribution in [2.75, 3.05) is 13.1 Å². The van der Waals surface area contributed by atoms with Gasteiger partial charge in [0.05, 0.1) is 5.56 Å². The fraction of sp³-hybridized carbons (Fsp3) is 0.417. The van der Waals surface area contributed by atoms with Crippen molar-refractivity contribution in [1.29, 1.82) is 5.26 Å². The Morgan fingerprint density at radius 2 is 2.28 bits per heavy atom. The Labute approximate surface area is 120 Å². The third kappa shape index (κ3) is 3.58. The van der Waals surface area contributed by atoms with Crippen molar-refractivity contribution in [1.82, 2.24) is 5.32 Å². The van der Waals surface area contributed by atoms with Crippen LogP contribution < -0.4 is 10.1 Å². The van der Waals surface area contributed by atoms with Gasteiger partial charge in [-0.05, 0) is 31.2 Å². The van der Waals surface area contributed by atoms with Gasteiger partial charge in [0, 0.05) is 11.0 Å². The molecule has 0 aromatic heterocycles. The molecule has 0 spiro atoms. The number of rotatable bonds is 2. The smallest absolute Gasteiger partial charge is 0.149 e. The van der Waals surface area contributed by atoms with Crippen LogP contribution in [0.25, 0.3) is 0 Å². The third-order valence-electron chi connectivity index (χ3n) is 2.69. The maximum Gasteiger partial charge on any atom is 0.149 e. The topological polar surface area (TPSA) is 45.0 Å². The molecule has 1 N–H and O–H groups in total. The summed E-state index contributed by atoms with van der Waals surface area (Å²) in [6.07, 6.45) is -0.884. The zero-order valence-electron chi connectivity index (χ0n) is 9.53. The first-order chi connectivity index (χ1) is 8.20. The molecule has 1 aliphatic heterocycles. The molecule has 0 unspecified atom stereocenters. The van der Waals surface area contributed by atoms with E-state index in [1.165, 1.54) is 0 Å². The van der Waals surface area contributed by atoms with Gasteiger partial charge >= 0.3 is 0 Å². The first kappa shape index (κ1) is 15.2. The molecule has 1 aromatic rings. The number of alkyl halides is 1. The van der Waals surface area contributed by atoms with Crippen molar-refractivity contribution >= 4 is 28.3 Å². The highest BCUT2D eigenvalue weighted by Crippen LogP contribution is 2.25. The molecule has 18 heavy (non-hydrogen) atoms. The number of ether oxygens (including phenoxy) is 1. The molecule has 98 valence electrons. The quantitative estimate of drug-likeness (QED) is 0.904. The average Bonchev–Trinajstić information content (AvgIpc) is 2.34. The Morgan fingerprint density at radius 3 is 2.94 bits per heavy atom. The lowest BCUT2D eigenvalue weighted by Crippen LogP contribution is -2.44. The lowest BCUT2D eigenvalue weighted by Gasteiger charge is -2.27. The Balaban J connectivity index is 0.00000162. The van der Waals surface area contributed by atoms with E-state index >= 15 is 0 Å². The van der Waals surface area contributed by atoms with Crippen molar-refractivity contribution in [2.45, 2.75) is 18.7 Å². The molecular formula is C12H13BrClFN2O. The lowest BCUT2D eigenvalue weighted by molar-refractivity contribution is 0.0729. The zero-order valence-corrected chi connectivity index (χ0v) is 11.9. The van der Waals surface area contributed by atoms with Crippen LogP contribution in [0.5, 0.6) is 5.75 Å². The number of hydrogen-bond donors (Lipinski definition) is 1. The van der Waals surface area contributed by atoms with Crippen LogP contribution in [0.3, 0.4) is 0 Å². The first-order valence-corrected chi connectivity index (χ1v) is 6.21. The molecule has 2 atom stereocenters. The van der Waals surface area contributed by atoms with E-state index in [4.69, 9.17) is 10.00 Å². The summed E-state index contributed by atoms with van der Waals surface area (Å²) >= 11 is 3.28. The number of piperidine rings is 1. The number of halogens is 3. The fourth-order valence-electron chi connectivity index (χ4n) is 1.78. The van der Waals surface area contributed by atoms with E-state index in [1.54, 1.807) is 18.2 Å². The summed E-state index contributed by atoms with van der Waals surface area (Å²) in [7, 11) is 0. The van der Waals surface area contributed by atoms with Crippen LogP contribution in [0.2, 0.25) is 0 Å². The van der Waals surface area contributed by atoms with Crippen molar-refractivity contribution in [3.63, 3.8) is 0 Å². The van der Waals surface area contributed by atoms with Crippen molar-refractivity contribution < 1.29 is 9.13 Å². The summed E-state index contributed by atoms with van der Waals surface area (Å²) in [5, 5.41) is 11.9. The van der Waals surface area contributed by atoms with E-state index in [2.05, 4.69) is 21.2 Å². The summed E-state index contributed by atoms with van der Waals surface area (Å²) in [4.78, 5) is 0. The van der Waals surface area contributed by atoms with Gasteiger partial charge < -0.3 is 10.1 Å². The van der Waals surface area contributed by atoms with Gasteiger partial charge in [0.25, 0.3) is 0 Å². The molecule has 3 nitrogen and oxygen atoms in total. The van der Waals surface area contributed by atoms with Crippen molar-refractivity contribution in [3.05, 3.63) is 28.2 Å². The minimum absolute atomic E-state index is 0. The van der Waals surface area contributed by atoms with Crippen LogP contribution in [0.15, 0.2) is 22.7 Å². The van der Waals surface area contributed by atoms with Gasteiger partial charge in [0.2, 0.25) is 0 Å². The second-order valence-electron chi connectivity index (χ2n) is 3.92. The predicted molar refractivity (Wildman–Crippen MR) is 72.9 cm³/mol. The Hall–Kier alpha value is -0.830. The van der Waals surface area contributed by atoms with Crippen LogP contribution in [0, 0.1) is 11.3 Å². The normalized spacial score (nSPS) is 22.7. The van der Waals surface area contributed by atoms with Gasteiger partial charge in [0.1, 0.15) is 24.1 Å². The summed E-state index contributed by atoms with van der Waals surface area (Å²) in [5.41, 5.74) is 0.421. The van der Waals surface area contributed by atoms with E-state index in [-0.39, 0.29) is 12.4 Å². The summed E-state index contributed by atoms with van der Waals surface area (Å²) in [5.74, 6) is 0.449. The van der Waals surface area contributed by atoms with Crippen LogP contribution in [-0.2, 0) is 0 Å². The molecule has 0 amide bonds. The second-order valence-corrected chi connectivity index (χ2v) is 4.83. The van der Waals surface area contributed by atoms with Gasteiger partial charge in [-0.25, -0.2) is 4.39 Å². The van der Waals surface area contributed by atoms with Crippen LogP contribution in [0.4, 0.5) is 4.39 Å². The largest absolute Gasteiger partial charge is 0.486 e. The Kier molecular flexibility index (Phi) is 5.86. The zero-order chi connectivity index (χ0) is 12.3. The predicted octanol–water partition coefficient (Wildman–Crippen LogP) is 2.82. The maximum atomic E-state index is 13.6. The highest BCUT2D eigenvalue weighted by Gasteiger charge is 2.26. The van der Waals surface area contributed by atoms with Gasteiger partial charge in [-0.15, -0.1) is 12.4 Å². The summed E-state index contributed by atoms with van der Waals surface area (Å²) in [6.45, 7) is 1.05. The molecule has 1 saturated heterocycles. The summed E-state index contributed by atoms with van der Waals surface area (Å²) in [6, 6.07) is 7.19. The van der Waals surface area contributed by atoms with Gasteiger partial charge in [0.15, 0.2) is 0 Å². The van der Waals surface area contributed by atoms with E-state index in [0.29, 0.717) is 24.3 Å². The van der Waals surface area contributed by atoms with Crippen molar-refractivity contribution in [2.24, 2.45) is 0 Å². The molecule has 0 aliphatic carbocycles. The summed E-state index contributed by atoms with van der Waals surface area (Å²) < 4.78 is 20.0. The van der Waals surface area contributed by atoms with Gasteiger partial charge in [-0.3, -0.25) is 0 Å². The molecule has 0 radical (unpaired) electrons.